The van der Waals surface area contributed by atoms with Gasteiger partial charge in [-0.25, -0.2) is 8.42 Å². The lowest BCUT2D eigenvalue weighted by atomic mass is 10.1. The second kappa shape index (κ2) is 9.58. The molecule has 0 spiro atoms. The molecule has 0 saturated carbocycles. The van der Waals surface area contributed by atoms with E-state index >= 15 is 0 Å². The van der Waals surface area contributed by atoms with Crippen molar-refractivity contribution < 1.29 is 13.2 Å². The fourth-order valence-corrected chi connectivity index (χ4v) is 5.28. The van der Waals surface area contributed by atoms with Crippen LogP contribution < -0.4 is 9.62 Å². The minimum absolute atomic E-state index is 0.240. The van der Waals surface area contributed by atoms with E-state index in [9.17, 15) is 13.2 Å². The average Bonchev–Trinajstić information content (AvgIpc) is 2.74. The molecule has 0 aliphatic carbocycles. The smallest absolute Gasteiger partial charge is 0.264 e. The van der Waals surface area contributed by atoms with Gasteiger partial charge >= 0.3 is 0 Å². The van der Waals surface area contributed by atoms with Gasteiger partial charge in [0.25, 0.3) is 15.9 Å². The van der Waals surface area contributed by atoms with Crippen molar-refractivity contribution in [2.24, 2.45) is 0 Å². The summed E-state index contributed by atoms with van der Waals surface area (Å²) >= 11 is 1.56. The Bertz CT molecular complexity index is 1150. The van der Waals surface area contributed by atoms with E-state index in [1.54, 1.807) is 67.2 Å². The Labute approximate surface area is 188 Å². The summed E-state index contributed by atoms with van der Waals surface area (Å²) in [5.41, 5.74) is 3.85. The first-order valence-corrected chi connectivity index (χ1v) is 12.6. The van der Waals surface area contributed by atoms with E-state index in [0.29, 0.717) is 11.3 Å². The maximum absolute atomic E-state index is 13.1. The molecule has 3 aromatic carbocycles. The fourth-order valence-electron chi connectivity index (χ4n) is 3.40. The molecule has 0 fully saturated rings. The highest BCUT2D eigenvalue weighted by molar-refractivity contribution is 7.98. The minimum atomic E-state index is -3.70. The second-order valence-corrected chi connectivity index (χ2v) is 9.96. The number of sulfonamides is 1. The first kappa shape index (κ1) is 22.9. The molecule has 162 valence electrons. The zero-order valence-corrected chi connectivity index (χ0v) is 19.7. The molecule has 0 aliphatic heterocycles. The first-order valence-electron chi connectivity index (χ1n) is 9.91. The lowest BCUT2D eigenvalue weighted by Gasteiger charge is -2.23. The number of benzene rings is 3. The van der Waals surface area contributed by atoms with Gasteiger partial charge in [-0.05, 0) is 98.8 Å². The number of rotatable bonds is 7. The van der Waals surface area contributed by atoms with Gasteiger partial charge in [0.05, 0.1) is 10.6 Å². The van der Waals surface area contributed by atoms with Crippen molar-refractivity contribution in [1.29, 1.82) is 0 Å². The zero-order chi connectivity index (χ0) is 22.6. The molecule has 31 heavy (non-hydrogen) atoms. The van der Waals surface area contributed by atoms with Gasteiger partial charge in [0.15, 0.2) is 0 Å². The predicted molar refractivity (Wildman–Crippen MR) is 129 cm³/mol. The molecule has 0 saturated heterocycles. The number of thioether (sulfide) groups is 1. The van der Waals surface area contributed by atoms with Crippen molar-refractivity contribution in [3.05, 3.63) is 83.4 Å². The second-order valence-electron chi connectivity index (χ2n) is 7.22. The monoisotopic (exact) mass is 454 g/mol. The maximum atomic E-state index is 13.1. The van der Waals surface area contributed by atoms with Crippen LogP contribution in [0.3, 0.4) is 0 Å². The molecule has 3 rings (SSSR count). The highest BCUT2D eigenvalue weighted by atomic mass is 32.2. The summed E-state index contributed by atoms with van der Waals surface area (Å²) in [6.07, 6.45) is 1.94. The first-order chi connectivity index (χ1) is 14.7. The minimum Gasteiger partial charge on any atom is -0.322 e. The van der Waals surface area contributed by atoms with Crippen molar-refractivity contribution in [1.82, 2.24) is 0 Å². The molecule has 0 aromatic heterocycles. The third-order valence-electron chi connectivity index (χ3n) is 4.83. The van der Waals surface area contributed by atoms with Crippen LogP contribution in [0.25, 0.3) is 0 Å². The number of carbonyl (C=O) groups excluding carboxylic acids is 1. The van der Waals surface area contributed by atoms with Gasteiger partial charge in [0.1, 0.15) is 0 Å². The Kier molecular flexibility index (Phi) is 7.08. The number of nitrogens with one attached hydrogen (secondary N) is 1. The molecule has 1 amide bonds. The van der Waals surface area contributed by atoms with Crippen LogP contribution in [-0.4, -0.2) is 27.1 Å². The van der Waals surface area contributed by atoms with E-state index < -0.39 is 10.0 Å². The van der Waals surface area contributed by atoms with E-state index in [4.69, 9.17) is 0 Å². The van der Waals surface area contributed by atoms with Gasteiger partial charge in [-0.3, -0.25) is 9.10 Å². The quantitative estimate of drug-likeness (QED) is 0.479. The molecule has 1 N–H and O–H groups in total. The molecule has 0 heterocycles. The summed E-state index contributed by atoms with van der Waals surface area (Å²) in [4.78, 5) is 13.9. The molecular weight excluding hydrogens is 428 g/mol. The third-order valence-corrected chi connectivity index (χ3v) is 7.49. The van der Waals surface area contributed by atoms with Crippen molar-refractivity contribution in [2.45, 2.75) is 30.6 Å². The molecule has 0 aliphatic rings. The van der Waals surface area contributed by atoms with E-state index in [0.717, 1.165) is 21.7 Å². The van der Waals surface area contributed by atoms with Crippen LogP contribution in [0, 0.1) is 13.8 Å². The summed E-state index contributed by atoms with van der Waals surface area (Å²) in [6, 6.07) is 19.3. The standard InChI is InChI=1S/C24H26N2O3S2/c1-5-26(31(28,29)23-12-10-22(30-4)11-13-23)21-8-6-19(7-9-21)24(27)25-20-15-17(2)14-18(3)16-20/h6-16H,5H2,1-4H3,(H,25,27). The maximum Gasteiger partial charge on any atom is 0.264 e. The van der Waals surface area contributed by atoms with Crippen LogP contribution in [0.4, 0.5) is 11.4 Å². The third kappa shape index (κ3) is 5.29. The van der Waals surface area contributed by atoms with Gasteiger partial charge in [0, 0.05) is 22.7 Å². The van der Waals surface area contributed by atoms with Crippen LogP contribution in [0.5, 0.6) is 0 Å². The lowest BCUT2D eigenvalue weighted by molar-refractivity contribution is 0.102. The SMILES string of the molecule is CCN(c1ccc(C(=O)Nc2cc(C)cc(C)c2)cc1)S(=O)(=O)c1ccc(SC)cc1. The molecule has 3 aromatic rings. The highest BCUT2D eigenvalue weighted by Crippen LogP contribution is 2.26. The number of hydrogen-bond donors (Lipinski definition) is 1. The molecule has 7 heteroatoms. The highest BCUT2D eigenvalue weighted by Gasteiger charge is 2.23. The summed E-state index contributed by atoms with van der Waals surface area (Å²) in [5.74, 6) is -0.241. The van der Waals surface area contributed by atoms with Gasteiger partial charge < -0.3 is 5.32 Å². The fraction of sp³-hybridized carbons (Fsp3) is 0.208. The van der Waals surface area contributed by atoms with E-state index in [-0.39, 0.29) is 17.3 Å². The molecule has 0 unspecified atom stereocenters. The van der Waals surface area contributed by atoms with Crippen LogP contribution in [0.15, 0.2) is 76.5 Å². The Morgan fingerprint density at radius 2 is 1.52 bits per heavy atom. The van der Waals surface area contributed by atoms with Gasteiger partial charge in [-0.15, -0.1) is 11.8 Å². The summed E-state index contributed by atoms with van der Waals surface area (Å²) in [5, 5.41) is 2.90. The van der Waals surface area contributed by atoms with Crippen LogP contribution in [0.1, 0.15) is 28.4 Å². The largest absolute Gasteiger partial charge is 0.322 e. The zero-order valence-electron chi connectivity index (χ0n) is 18.0. The van der Waals surface area contributed by atoms with E-state index in [1.807, 2.05) is 38.3 Å². The van der Waals surface area contributed by atoms with Crippen molar-refractivity contribution in [2.75, 3.05) is 22.4 Å². The van der Waals surface area contributed by atoms with E-state index in [2.05, 4.69) is 5.32 Å². The Morgan fingerprint density at radius 3 is 2.03 bits per heavy atom. The number of amides is 1. The van der Waals surface area contributed by atoms with Crippen LogP contribution >= 0.6 is 11.8 Å². The predicted octanol–water partition coefficient (Wildman–Crippen LogP) is 5.49. The number of aryl methyl sites for hydroxylation is 2. The topological polar surface area (TPSA) is 66.5 Å². The van der Waals surface area contributed by atoms with Crippen LogP contribution in [0.2, 0.25) is 0 Å². The van der Waals surface area contributed by atoms with Crippen molar-refractivity contribution >= 4 is 39.1 Å². The molecule has 0 bridgehead atoms. The molecule has 0 atom stereocenters. The molecular formula is C24H26N2O3S2. The number of nitrogens with zero attached hydrogens (tertiary/aromatic N) is 1. The normalized spacial score (nSPS) is 11.2. The van der Waals surface area contributed by atoms with Crippen molar-refractivity contribution in [3.8, 4) is 0 Å². The van der Waals surface area contributed by atoms with Crippen LogP contribution in [-0.2, 0) is 10.0 Å². The number of carbonyl (C=O) groups is 1. The molecule has 0 radical (unpaired) electrons. The lowest BCUT2D eigenvalue weighted by Crippen LogP contribution is -2.30. The Morgan fingerprint density at radius 1 is 0.935 bits per heavy atom. The Balaban J connectivity index is 1.81. The molecule has 5 nitrogen and oxygen atoms in total. The summed E-state index contributed by atoms with van der Waals surface area (Å²) in [7, 11) is -3.70. The van der Waals surface area contributed by atoms with Gasteiger partial charge in [0.2, 0.25) is 0 Å². The number of anilines is 2. The average molecular weight is 455 g/mol. The summed E-state index contributed by atoms with van der Waals surface area (Å²) < 4.78 is 27.6. The van der Waals surface area contributed by atoms with Crippen molar-refractivity contribution in [3.63, 3.8) is 0 Å². The van der Waals surface area contributed by atoms with E-state index in [1.165, 1.54) is 4.31 Å². The van der Waals surface area contributed by atoms with Gasteiger partial charge in [-0.1, -0.05) is 6.07 Å². The van der Waals surface area contributed by atoms with Gasteiger partial charge in [-0.2, -0.15) is 0 Å². The summed E-state index contributed by atoms with van der Waals surface area (Å²) in [6.45, 7) is 6.02. The number of hydrogen-bond acceptors (Lipinski definition) is 4. The Hall–Kier alpha value is -2.77.